The summed E-state index contributed by atoms with van der Waals surface area (Å²) < 4.78 is 5.21. The summed E-state index contributed by atoms with van der Waals surface area (Å²) in [5.41, 5.74) is 0.657. The van der Waals surface area contributed by atoms with Crippen molar-refractivity contribution in [1.29, 1.82) is 0 Å². The van der Waals surface area contributed by atoms with Gasteiger partial charge in [0.25, 0.3) is 5.91 Å². The van der Waals surface area contributed by atoms with E-state index in [0.717, 1.165) is 19.6 Å². The first-order valence-corrected chi connectivity index (χ1v) is 8.99. The Balaban J connectivity index is 1.89. The number of hydrogen-bond donors (Lipinski definition) is 1. The van der Waals surface area contributed by atoms with Crippen LogP contribution < -0.4 is 5.32 Å². The Kier molecular flexibility index (Phi) is 6.67. The Morgan fingerprint density at radius 2 is 1.72 bits per heavy atom. The molecule has 1 heterocycles. The maximum Gasteiger partial charge on any atom is 0.412 e. The second-order valence-electron chi connectivity index (χ2n) is 7.03. The van der Waals surface area contributed by atoms with Gasteiger partial charge in [0.1, 0.15) is 5.60 Å². The first-order chi connectivity index (χ1) is 11.8. The van der Waals surface area contributed by atoms with Gasteiger partial charge in [0.15, 0.2) is 0 Å². The van der Waals surface area contributed by atoms with Crippen molar-refractivity contribution < 1.29 is 14.3 Å². The third-order valence-electron chi connectivity index (χ3n) is 3.84. The van der Waals surface area contributed by atoms with Crippen molar-refractivity contribution >= 4 is 29.3 Å². The summed E-state index contributed by atoms with van der Waals surface area (Å²) in [5, 5.41) is 2.66. The number of piperazine rings is 1. The molecule has 7 heteroatoms. The second-order valence-corrected chi connectivity index (χ2v) is 7.41. The molecule has 1 saturated heterocycles. The number of rotatable bonds is 4. The van der Waals surface area contributed by atoms with Crippen molar-refractivity contribution in [3.8, 4) is 0 Å². The van der Waals surface area contributed by atoms with Gasteiger partial charge in [-0.1, -0.05) is 0 Å². The molecule has 1 aliphatic rings. The van der Waals surface area contributed by atoms with Gasteiger partial charge in [-0.05, 0) is 45.0 Å². The molecule has 0 spiro atoms. The summed E-state index contributed by atoms with van der Waals surface area (Å²) in [6, 6.07) is 6.86. The van der Waals surface area contributed by atoms with Crippen LogP contribution in [0.3, 0.4) is 0 Å². The zero-order valence-corrected chi connectivity index (χ0v) is 15.8. The van der Waals surface area contributed by atoms with Crippen molar-refractivity contribution in [3.63, 3.8) is 0 Å². The van der Waals surface area contributed by atoms with Crippen LogP contribution in [0, 0.1) is 0 Å². The zero-order valence-electron chi connectivity index (χ0n) is 15.0. The predicted octanol–water partition coefficient (Wildman–Crippen LogP) is 3.03. The lowest BCUT2D eigenvalue weighted by atomic mass is 10.1. The Hall–Kier alpha value is -1.79. The number of hydrogen-bond acceptors (Lipinski definition) is 4. The maximum atomic E-state index is 12.6. The minimum Gasteiger partial charge on any atom is -0.444 e. The lowest BCUT2D eigenvalue weighted by molar-refractivity contribution is 0.0632. The number of anilines is 1. The van der Waals surface area contributed by atoms with E-state index in [0.29, 0.717) is 30.2 Å². The molecular formula is C18H26ClN3O3. The molecule has 0 aliphatic carbocycles. The summed E-state index contributed by atoms with van der Waals surface area (Å²) in [5.74, 6) is 0.620. The van der Waals surface area contributed by atoms with Gasteiger partial charge < -0.3 is 9.64 Å². The molecule has 0 saturated carbocycles. The smallest absolute Gasteiger partial charge is 0.412 e. The molecule has 1 aromatic rings. The highest BCUT2D eigenvalue weighted by Gasteiger charge is 2.22. The first-order valence-electron chi connectivity index (χ1n) is 8.46. The first kappa shape index (κ1) is 19.5. The molecule has 0 bridgehead atoms. The summed E-state index contributed by atoms with van der Waals surface area (Å²) in [4.78, 5) is 28.4. The van der Waals surface area contributed by atoms with E-state index in [-0.39, 0.29) is 5.91 Å². The van der Waals surface area contributed by atoms with E-state index in [2.05, 4.69) is 10.2 Å². The van der Waals surface area contributed by atoms with E-state index in [1.165, 1.54) is 0 Å². The molecule has 6 nitrogen and oxygen atoms in total. The third kappa shape index (κ3) is 6.21. The summed E-state index contributed by atoms with van der Waals surface area (Å²) in [7, 11) is 0. The highest BCUT2D eigenvalue weighted by molar-refractivity contribution is 6.18. The number of ether oxygens (including phenoxy) is 1. The van der Waals surface area contributed by atoms with Crippen molar-refractivity contribution in [3.05, 3.63) is 29.8 Å². The van der Waals surface area contributed by atoms with Crippen LogP contribution in [-0.2, 0) is 4.74 Å². The van der Waals surface area contributed by atoms with Crippen LogP contribution in [0.4, 0.5) is 10.5 Å². The lowest BCUT2D eigenvalue weighted by Crippen LogP contribution is -2.49. The summed E-state index contributed by atoms with van der Waals surface area (Å²) in [6.07, 6.45) is -0.512. The van der Waals surface area contributed by atoms with E-state index >= 15 is 0 Å². The van der Waals surface area contributed by atoms with Gasteiger partial charge in [0.2, 0.25) is 0 Å². The average molecular weight is 368 g/mol. The van der Waals surface area contributed by atoms with Crippen molar-refractivity contribution in [2.75, 3.05) is 43.9 Å². The Labute approximate surface area is 154 Å². The van der Waals surface area contributed by atoms with Crippen LogP contribution in [-0.4, -0.2) is 66.0 Å². The molecule has 1 N–H and O–H groups in total. The SMILES string of the molecule is CC(C)(C)OC(=O)Nc1ccc(C(=O)N2CCN(CCCl)CC2)cc1. The summed E-state index contributed by atoms with van der Waals surface area (Å²) >= 11 is 5.75. The van der Waals surface area contributed by atoms with E-state index in [1.54, 1.807) is 45.0 Å². The van der Waals surface area contributed by atoms with Crippen molar-refractivity contribution in [2.24, 2.45) is 0 Å². The number of halogens is 1. The fraction of sp³-hybridized carbons (Fsp3) is 0.556. The van der Waals surface area contributed by atoms with Crippen molar-refractivity contribution in [1.82, 2.24) is 9.80 Å². The molecule has 0 aromatic heterocycles. The minimum atomic E-state index is -0.550. The maximum absolute atomic E-state index is 12.6. The van der Waals surface area contributed by atoms with Crippen LogP contribution in [0.2, 0.25) is 0 Å². The molecule has 2 amide bonds. The lowest BCUT2D eigenvalue weighted by Gasteiger charge is -2.34. The Morgan fingerprint density at radius 3 is 2.24 bits per heavy atom. The number of nitrogens with zero attached hydrogens (tertiary/aromatic N) is 2. The standard InChI is InChI=1S/C18H26ClN3O3/c1-18(2,3)25-17(24)20-15-6-4-14(5-7-15)16(23)22-12-10-21(9-8-19)11-13-22/h4-7H,8-13H2,1-3H3,(H,20,24). The molecule has 1 aliphatic heterocycles. The van der Waals surface area contributed by atoms with E-state index in [9.17, 15) is 9.59 Å². The molecule has 0 unspecified atom stereocenters. The Bertz CT molecular complexity index is 591. The van der Waals surface area contributed by atoms with Crippen LogP contribution in [0.15, 0.2) is 24.3 Å². The topological polar surface area (TPSA) is 61.9 Å². The van der Waals surface area contributed by atoms with Crippen LogP contribution in [0.5, 0.6) is 0 Å². The van der Waals surface area contributed by atoms with E-state index in [4.69, 9.17) is 16.3 Å². The third-order valence-corrected chi connectivity index (χ3v) is 4.01. The highest BCUT2D eigenvalue weighted by atomic mass is 35.5. The van der Waals surface area contributed by atoms with Gasteiger partial charge in [-0.3, -0.25) is 15.0 Å². The normalized spacial score (nSPS) is 15.8. The number of alkyl halides is 1. The largest absolute Gasteiger partial charge is 0.444 e. The average Bonchev–Trinajstić information content (AvgIpc) is 2.54. The van der Waals surface area contributed by atoms with E-state index < -0.39 is 11.7 Å². The monoisotopic (exact) mass is 367 g/mol. The van der Waals surface area contributed by atoms with Gasteiger partial charge >= 0.3 is 6.09 Å². The molecule has 0 radical (unpaired) electrons. The van der Waals surface area contributed by atoms with Gasteiger partial charge in [0.05, 0.1) is 0 Å². The number of benzene rings is 1. The van der Waals surface area contributed by atoms with E-state index in [1.807, 2.05) is 4.90 Å². The van der Waals surface area contributed by atoms with Gasteiger partial charge in [0, 0.05) is 49.9 Å². The summed E-state index contributed by atoms with van der Waals surface area (Å²) in [6.45, 7) is 9.37. The quantitative estimate of drug-likeness (QED) is 0.831. The molecule has 25 heavy (non-hydrogen) atoms. The zero-order chi connectivity index (χ0) is 18.4. The minimum absolute atomic E-state index is 0.00865. The second kappa shape index (κ2) is 8.54. The number of carbonyl (C=O) groups is 2. The number of nitrogens with one attached hydrogen (secondary N) is 1. The fourth-order valence-corrected chi connectivity index (χ4v) is 2.83. The van der Waals surface area contributed by atoms with Gasteiger partial charge in [-0.2, -0.15) is 0 Å². The Morgan fingerprint density at radius 1 is 1.12 bits per heavy atom. The molecule has 138 valence electrons. The van der Waals surface area contributed by atoms with Crippen LogP contribution >= 0.6 is 11.6 Å². The molecule has 1 aromatic carbocycles. The van der Waals surface area contributed by atoms with Crippen LogP contribution in [0.25, 0.3) is 0 Å². The predicted molar refractivity (Wildman–Crippen MR) is 99.4 cm³/mol. The number of carbonyl (C=O) groups excluding carboxylic acids is 2. The molecule has 2 rings (SSSR count). The van der Waals surface area contributed by atoms with Gasteiger partial charge in [-0.15, -0.1) is 11.6 Å². The highest BCUT2D eigenvalue weighted by Crippen LogP contribution is 2.15. The number of amides is 2. The molecule has 1 fully saturated rings. The van der Waals surface area contributed by atoms with Crippen LogP contribution in [0.1, 0.15) is 31.1 Å². The van der Waals surface area contributed by atoms with Crippen molar-refractivity contribution in [2.45, 2.75) is 26.4 Å². The molecular weight excluding hydrogens is 342 g/mol. The van der Waals surface area contributed by atoms with Gasteiger partial charge in [-0.25, -0.2) is 4.79 Å². The fourth-order valence-electron chi connectivity index (χ4n) is 2.59. The molecule has 0 atom stereocenters.